The molecule has 67 valence electrons. The summed E-state index contributed by atoms with van der Waals surface area (Å²) in [5.41, 5.74) is 0. The van der Waals surface area contributed by atoms with Gasteiger partial charge in [-0.3, -0.25) is 0 Å². The molecule has 0 amide bonds. The van der Waals surface area contributed by atoms with Crippen molar-refractivity contribution >= 4 is 23.5 Å². The molecule has 0 aromatic carbocycles. The van der Waals surface area contributed by atoms with E-state index in [-0.39, 0.29) is 22.4 Å². The molecular formula is C5H5AgClO4. The van der Waals surface area contributed by atoms with E-state index in [1.807, 2.05) is 0 Å². The van der Waals surface area contributed by atoms with Crippen molar-refractivity contribution in [1.82, 2.24) is 0 Å². The molecule has 1 radical (unpaired) electrons. The fourth-order valence-electron chi connectivity index (χ4n) is 0.434. The molecule has 0 aliphatic heterocycles. The Hall–Kier alpha value is -0.0297. The number of alkyl halides is 1. The third-order valence-corrected chi connectivity index (χ3v) is 1.08. The van der Waals surface area contributed by atoms with Gasteiger partial charge >= 0.3 is 22.4 Å². The summed E-state index contributed by atoms with van der Waals surface area (Å²) >= 11 is 5.23. The third-order valence-electron chi connectivity index (χ3n) is 0.776. The van der Waals surface area contributed by atoms with Crippen molar-refractivity contribution in [3.05, 3.63) is 0 Å². The second-order valence-corrected chi connectivity index (χ2v) is 2.37. The molecule has 0 atom stereocenters. The largest absolute Gasteiger partial charge is 2.00 e. The summed E-state index contributed by atoms with van der Waals surface area (Å²) in [6, 6.07) is 0. The van der Waals surface area contributed by atoms with Crippen LogP contribution in [-0.2, 0) is 32.0 Å². The zero-order valence-electron chi connectivity index (χ0n) is 5.30. The molecule has 6 heteroatoms. The van der Waals surface area contributed by atoms with Crippen molar-refractivity contribution in [1.29, 1.82) is 0 Å². The van der Waals surface area contributed by atoms with Crippen molar-refractivity contribution in [2.75, 3.05) is 0 Å². The minimum Gasteiger partial charge on any atom is -0.550 e. The predicted molar refractivity (Wildman–Crippen MR) is 28.9 cm³/mol. The van der Waals surface area contributed by atoms with Crippen molar-refractivity contribution < 1.29 is 42.2 Å². The molecule has 0 rings (SSSR count). The van der Waals surface area contributed by atoms with Gasteiger partial charge in [0.2, 0.25) is 0 Å². The first-order chi connectivity index (χ1) is 4.52. The number of halogens is 1. The van der Waals surface area contributed by atoms with E-state index >= 15 is 0 Å². The molecule has 0 bridgehead atoms. The van der Waals surface area contributed by atoms with E-state index in [4.69, 9.17) is 11.6 Å². The zero-order chi connectivity index (χ0) is 8.15. The van der Waals surface area contributed by atoms with E-state index < -0.39 is 30.2 Å². The number of rotatable bonds is 4. The Morgan fingerprint density at radius 3 is 1.64 bits per heavy atom. The number of carboxylic acids is 2. The van der Waals surface area contributed by atoms with Gasteiger partial charge in [-0.05, 0) is 0 Å². The zero-order valence-corrected chi connectivity index (χ0v) is 7.54. The van der Waals surface area contributed by atoms with E-state index in [0.29, 0.717) is 0 Å². The summed E-state index contributed by atoms with van der Waals surface area (Å²) in [7, 11) is 0. The molecule has 4 nitrogen and oxygen atoms in total. The predicted octanol–water partition coefficient (Wildman–Crippen LogP) is -2.13. The van der Waals surface area contributed by atoms with Crippen LogP contribution in [0, 0.1) is 0 Å². The Balaban J connectivity index is 0. The monoisotopic (exact) mass is 271 g/mol. The molecule has 0 aliphatic carbocycles. The van der Waals surface area contributed by atoms with Crippen LogP contribution in [0.15, 0.2) is 0 Å². The number of carbonyl (C=O) groups is 2. The SMILES string of the molecule is O=C([O-])CC(Cl)CC(=O)[O-].[Ag+2]. The maximum absolute atomic E-state index is 9.78. The Labute approximate surface area is 84.0 Å². The second kappa shape index (κ2) is 6.67. The van der Waals surface area contributed by atoms with Crippen molar-refractivity contribution in [2.24, 2.45) is 0 Å². The van der Waals surface area contributed by atoms with E-state index in [1.54, 1.807) is 0 Å². The van der Waals surface area contributed by atoms with Crippen molar-refractivity contribution in [2.45, 2.75) is 18.2 Å². The van der Waals surface area contributed by atoms with Crippen LogP contribution < -0.4 is 10.2 Å². The molecule has 0 fully saturated rings. The first-order valence-electron chi connectivity index (χ1n) is 2.56. The van der Waals surface area contributed by atoms with Gasteiger partial charge in [0.05, 0.1) is 0 Å². The molecule has 0 spiro atoms. The molecular weight excluding hydrogens is 267 g/mol. The quantitative estimate of drug-likeness (QED) is 0.432. The Morgan fingerprint density at radius 2 is 1.45 bits per heavy atom. The van der Waals surface area contributed by atoms with Crippen LogP contribution in [0.3, 0.4) is 0 Å². The maximum atomic E-state index is 9.78. The van der Waals surface area contributed by atoms with Crippen molar-refractivity contribution in [3.63, 3.8) is 0 Å². The molecule has 0 aromatic heterocycles. The average molecular weight is 272 g/mol. The van der Waals surface area contributed by atoms with Gasteiger partial charge in [-0.15, -0.1) is 11.6 Å². The maximum Gasteiger partial charge on any atom is 2.00 e. The van der Waals surface area contributed by atoms with Gasteiger partial charge in [0.15, 0.2) is 0 Å². The number of carbonyl (C=O) groups excluding carboxylic acids is 2. The molecule has 11 heavy (non-hydrogen) atoms. The van der Waals surface area contributed by atoms with Gasteiger partial charge in [0, 0.05) is 30.2 Å². The van der Waals surface area contributed by atoms with E-state index in [1.165, 1.54) is 0 Å². The summed E-state index contributed by atoms with van der Waals surface area (Å²) in [4.78, 5) is 19.6. The first kappa shape index (κ1) is 13.6. The molecule has 0 saturated carbocycles. The second-order valence-electron chi connectivity index (χ2n) is 1.75. The minimum atomic E-state index is -1.36. The van der Waals surface area contributed by atoms with Crippen LogP contribution in [0.2, 0.25) is 0 Å². The minimum absolute atomic E-state index is 0. The van der Waals surface area contributed by atoms with Crippen LogP contribution in [0.5, 0.6) is 0 Å². The summed E-state index contributed by atoms with van der Waals surface area (Å²) in [5, 5.41) is 18.6. The van der Waals surface area contributed by atoms with Crippen molar-refractivity contribution in [3.8, 4) is 0 Å². The molecule has 0 N–H and O–H groups in total. The first-order valence-corrected chi connectivity index (χ1v) is 2.99. The van der Waals surface area contributed by atoms with Gasteiger partial charge in [0.1, 0.15) is 0 Å². The van der Waals surface area contributed by atoms with Gasteiger partial charge in [-0.1, -0.05) is 0 Å². The van der Waals surface area contributed by atoms with Gasteiger partial charge in [-0.25, -0.2) is 0 Å². The van der Waals surface area contributed by atoms with E-state index in [9.17, 15) is 19.8 Å². The Morgan fingerprint density at radius 1 is 1.18 bits per heavy atom. The smallest absolute Gasteiger partial charge is 0.550 e. The van der Waals surface area contributed by atoms with Crippen LogP contribution in [0.1, 0.15) is 12.8 Å². The van der Waals surface area contributed by atoms with Crippen LogP contribution in [0.25, 0.3) is 0 Å². The Bertz CT molecular complexity index is 133. The number of hydrogen-bond donors (Lipinski definition) is 0. The normalized spacial score (nSPS) is 8.91. The molecule has 0 unspecified atom stereocenters. The fraction of sp³-hybridized carbons (Fsp3) is 0.600. The summed E-state index contributed by atoms with van der Waals surface area (Å²) in [6.07, 6.45) is -0.926. The Kier molecular flexibility index (Phi) is 8.21. The summed E-state index contributed by atoms with van der Waals surface area (Å²) in [6.45, 7) is 0. The fourth-order valence-corrected chi connectivity index (χ4v) is 0.686. The van der Waals surface area contributed by atoms with Gasteiger partial charge in [0.25, 0.3) is 0 Å². The van der Waals surface area contributed by atoms with Gasteiger partial charge < -0.3 is 19.8 Å². The van der Waals surface area contributed by atoms with Gasteiger partial charge in [-0.2, -0.15) is 0 Å². The standard InChI is InChI=1S/C5H7ClO4.Ag/c6-3(1-4(7)8)2-5(9)10;/h3H,1-2H2,(H,7,8)(H,9,10);/q;+2/p-2. The summed E-state index contributed by atoms with van der Waals surface area (Å²) in [5.74, 6) is -2.72. The summed E-state index contributed by atoms with van der Waals surface area (Å²) < 4.78 is 0. The van der Waals surface area contributed by atoms with Crippen LogP contribution in [0.4, 0.5) is 0 Å². The number of carboxylic acid groups (broad SMARTS) is 2. The molecule has 0 aliphatic rings. The topological polar surface area (TPSA) is 80.3 Å². The van der Waals surface area contributed by atoms with E-state index in [0.717, 1.165) is 0 Å². The molecule has 0 heterocycles. The van der Waals surface area contributed by atoms with E-state index in [2.05, 4.69) is 0 Å². The van der Waals surface area contributed by atoms with Crippen LogP contribution >= 0.6 is 11.6 Å². The number of aliphatic carboxylic acids is 2. The van der Waals surface area contributed by atoms with Crippen LogP contribution in [-0.4, -0.2) is 17.3 Å². The number of hydrogen-bond acceptors (Lipinski definition) is 4. The third kappa shape index (κ3) is 9.97. The average Bonchev–Trinajstić information content (AvgIpc) is 1.58. The molecule has 0 saturated heterocycles. The molecule has 0 aromatic rings.